The number of aryl methyl sites for hydroxylation is 1. The molecule has 6 heteroatoms. The normalized spacial score (nSPS) is 21.0. The molecular weight excluding hydrogens is 297 g/mol. The number of carbonyl (C=O) groups excluding carboxylic acids is 1. The van der Waals surface area contributed by atoms with Gasteiger partial charge >= 0.3 is 0 Å². The molecule has 1 fully saturated rings. The van der Waals surface area contributed by atoms with Crippen LogP contribution in [0.15, 0.2) is 24.4 Å². The molecule has 114 valence electrons. The summed E-state index contributed by atoms with van der Waals surface area (Å²) in [5, 5.41) is 0. The molecule has 1 aliphatic rings. The van der Waals surface area contributed by atoms with Gasteiger partial charge in [0.2, 0.25) is 5.91 Å². The molecule has 1 unspecified atom stereocenters. The largest absolute Gasteiger partial charge is 0.342 e. The van der Waals surface area contributed by atoms with Gasteiger partial charge in [-0.05, 0) is 36.9 Å². The Morgan fingerprint density at radius 2 is 2.20 bits per heavy atom. The highest BCUT2D eigenvalue weighted by atomic mass is 35.5. The molecule has 2 heterocycles. The maximum Gasteiger partial charge on any atom is 0.222 e. The van der Waals surface area contributed by atoms with Gasteiger partial charge in [-0.15, -0.1) is 24.8 Å². The zero-order chi connectivity index (χ0) is 13.0. The van der Waals surface area contributed by atoms with Gasteiger partial charge in [0, 0.05) is 31.4 Å². The first kappa shape index (κ1) is 19.2. The van der Waals surface area contributed by atoms with E-state index in [0.717, 1.165) is 31.6 Å². The molecular formula is C14H23Cl2N3O. The second kappa shape index (κ2) is 8.45. The highest BCUT2D eigenvalue weighted by Gasteiger charge is 2.34. The summed E-state index contributed by atoms with van der Waals surface area (Å²) in [5.41, 5.74) is 6.84. The van der Waals surface area contributed by atoms with Crippen LogP contribution in [-0.2, 0) is 11.2 Å². The third-order valence-corrected chi connectivity index (χ3v) is 3.72. The SMILES string of the molecule is CC1(CN)CCN(C(=O)CCc2ccccn2)C1.Cl.Cl. The van der Waals surface area contributed by atoms with E-state index < -0.39 is 0 Å². The second-order valence-corrected chi connectivity index (χ2v) is 5.40. The molecule has 0 bridgehead atoms. The number of carbonyl (C=O) groups is 1. The number of nitrogens with zero attached hydrogens (tertiary/aromatic N) is 2. The van der Waals surface area contributed by atoms with Crippen LogP contribution >= 0.6 is 24.8 Å². The Kier molecular flexibility index (Phi) is 8.09. The molecule has 1 amide bonds. The topological polar surface area (TPSA) is 59.2 Å². The van der Waals surface area contributed by atoms with E-state index in [9.17, 15) is 4.79 Å². The lowest BCUT2D eigenvalue weighted by molar-refractivity contribution is -0.130. The summed E-state index contributed by atoms with van der Waals surface area (Å²) in [4.78, 5) is 18.3. The van der Waals surface area contributed by atoms with Crippen molar-refractivity contribution < 1.29 is 4.79 Å². The Morgan fingerprint density at radius 1 is 1.45 bits per heavy atom. The van der Waals surface area contributed by atoms with Crippen molar-refractivity contribution in [2.45, 2.75) is 26.2 Å². The minimum absolute atomic E-state index is 0. The van der Waals surface area contributed by atoms with E-state index in [0.29, 0.717) is 13.0 Å². The fourth-order valence-electron chi connectivity index (χ4n) is 2.34. The summed E-state index contributed by atoms with van der Waals surface area (Å²) in [6.07, 6.45) is 4.03. The van der Waals surface area contributed by atoms with Crippen LogP contribution in [-0.4, -0.2) is 35.4 Å². The first-order valence-corrected chi connectivity index (χ1v) is 6.51. The van der Waals surface area contributed by atoms with Crippen LogP contribution in [0.1, 0.15) is 25.5 Å². The van der Waals surface area contributed by atoms with Crippen molar-refractivity contribution in [3.05, 3.63) is 30.1 Å². The molecule has 0 aliphatic carbocycles. The van der Waals surface area contributed by atoms with Crippen LogP contribution in [0.2, 0.25) is 0 Å². The molecule has 1 aromatic heterocycles. The number of rotatable bonds is 4. The van der Waals surface area contributed by atoms with E-state index in [4.69, 9.17) is 5.73 Å². The van der Waals surface area contributed by atoms with E-state index in [1.165, 1.54) is 0 Å². The monoisotopic (exact) mass is 319 g/mol. The van der Waals surface area contributed by atoms with E-state index in [1.54, 1.807) is 6.20 Å². The van der Waals surface area contributed by atoms with Gasteiger partial charge in [-0.25, -0.2) is 0 Å². The van der Waals surface area contributed by atoms with Crippen molar-refractivity contribution in [3.8, 4) is 0 Å². The average molecular weight is 320 g/mol. The lowest BCUT2D eigenvalue weighted by atomic mass is 9.90. The Labute approximate surface area is 132 Å². The molecule has 20 heavy (non-hydrogen) atoms. The minimum Gasteiger partial charge on any atom is -0.342 e. The average Bonchev–Trinajstić information content (AvgIpc) is 2.81. The molecule has 1 atom stereocenters. The predicted molar refractivity (Wildman–Crippen MR) is 85.4 cm³/mol. The number of pyridine rings is 1. The standard InChI is InChI=1S/C14H21N3O.2ClH/c1-14(10-15)7-9-17(11-14)13(18)6-5-12-4-2-3-8-16-12;;/h2-4,8H,5-7,9-11,15H2,1H3;2*1H. The molecule has 2 rings (SSSR count). The Balaban J connectivity index is 0.00000180. The number of aromatic nitrogens is 1. The fraction of sp³-hybridized carbons (Fsp3) is 0.571. The molecule has 1 saturated heterocycles. The summed E-state index contributed by atoms with van der Waals surface area (Å²) in [7, 11) is 0. The van der Waals surface area contributed by atoms with Crippen LogP contribution < -0.4 is 5.73 Å². The van der Waals surface area contributed by atoms with Gasteiger partial charge in [0.25, 0.3) is 0 Å². The second-order valence-electron chi connectivity index (χ2n) is 5.40. The van der Waals surface area contributed by atoms with Crippen LogP contribution in [0.5, 0.6) is 0 Å². The van der Waals surface area contributed by atoms with E-state index in [-0.39, 0.29) is 36.1 Å². The molecule has 0 radical (unpaired) electrons. The quantitative estimate of drug-likeness (QED) is 0.924. The van der Waals surface area contributed by atoms with Gasteiger partial charge in [0.15, 0.2) is 0 Å². The number of halogens is 2. The maximum atomic E-state index is 12.1. The van der Waals surface area contributed by atoms with Crippen LogP contribution in [0.25, 0.3) is 0 Å². The van der Waals surface area contributed by atoms with Gasteiger partial charge in [-0.3, -0.25) is 9.78 Å². The van der Waals surface area contributed by atoms with Crippen LogP contribution in [0.3, 0.4) is 0 Å². The van der Waals surface area contributed by atoms with Crippen molar-refractivity contribution in [2.75, 3.05) is 19.6 Å². The zero-order valence-electron chi connectivity index (χ0n) is 11.7. The number of likely N-dealkylation sites (tertiary alicyclic amines) is 1. The molecule has 0 saturated carbocycles. The highest BCUT2D eigenvalue weighted by molar-refractivity contribution is 5.85. The zero-order valence-corrected chi connectivity index (χ0v) is 13.4. The lowest BCUT2D eigenvalue weighted by Crippen LogP contribution is -2.34. The third-order valence-electron chi connectivity index (χ3n) is 3.72. The lowest BCUT2D eigenvalue weighted by Gasteiger charge is -2.22. The van der Waals surface area contributed by atoms with Gasteiger partial charge in [-0.2, -0.15) is 0 Å². The predicted octanol–water partition coefficient (Wildman–Crippen LogP) is 2.06. The minimum atomic E-state index is 0. The summed E-state index contributed by atoms with van der Waals surface area (Å²) < 4.78 is 0. The smallest absolute Gasteiger partial charge is 0.222 e. The van der Waals surface area contributed by atoms with E-state index in [1.807, 2.05) is 23.1 Å². The van der Waals surface area contributed by atoms with Gasteiger partial charge in [0.05, 0.1) is 0 Å². The van der Waals surface area contributed by atoms with Crippen molar-refractivity contribution in [3.63, 3.8) is 0 Å². The first-order valence-electron chi connectivity index (χ1n) is 6.51. The van der Waals surface area contributed by atoms with Crippen molar-refractivity contribution in [2.24, 2.45) is 11.1 Å². The third kappa shape index (κ3) is 4.93. The van der Waals surface area contributed by atoms with Gasteiger partial charge < -0.3 is 10.6 Å². The Hall–Kier alpha value is -0.840. The number of nitrogens with two attached hydrogens (primary N) is 1. The molecule has 4 nitrogen and oxygen atoms in total. The van der Waals surface area contributed by atoms with Gasteiger partial charge in [0.1, 0.15) is 0 Å². The van der Waals surface area contributed by atoms with Crippen molar-refractivity contribution in [1.29, 1.82) is 0 Å². The van der Waals surface area contributed by atoms with Crippen molar-refractivity contribution >= 4 is 30.7 Å². The number of amides is 1. The number of hydrogen-bond donors (Lipinski definition) is 1. The summed E-state index contributed by atoms with van der Waals surface area (Å²) in [5.74, 6) is 0.220. The molecule has 1 aromatic rings. The molecule has 2 N–H and O–H groups in total. The van der Waals surface area contributed by atoms with E-state index >= 15 is 0 Å². The summed E-state index contributed by atoms with van der Waals surface area (Å²) in [6.45, 7) is 4.44. The molecule has 0 spiro atoms. The first-order chi connectivity index (χ1) is 8.63. The molecule has 1 aliphatic heterocycles. The van der Waals surface area contributed by atoms with Crippen molar-refractivity contribution in [1.82, 2.24) is 9.88 Å². The molecule has 0 aromatic carbocycles. The summed E-state index contributed by atoms with van der Waals surface area (Å²) >= 11 is 0. The van der Waals surface area contributed by atoms with E-state index in [2.05, 4.69) is 11.9 Å². The fourth-order valence-corrected chi connectivity index (χ4v) is 2.34. The Bertz CT molecular complexity index is 416. The highest BCUT2D eigenvalue weighted by Crippen LogP contribution is 2.28. The number of hydrogen-bond acceptors (Lipinski definition) is 3. The van der Waals surface area contributed by atoms with Crippen LogP contribution in [0.4, 0.5) is 0 Å². The van der Waals surface area contributed by atoms with Gasteiger partial charge in [-0.1, -0.05) is 13.0 Å². The van der Waals surface area contributed by atoms with Crippen LogP contribution in [0, 0.1) is 5.41 Å². The summed E-state index contributed by atoms with van der Waals surface area (Å²) in [6, 6.07) is 5.80. The Morgan fingerprint density at radius 3 is 2.75 bits per heavy atom. The maximum absolute atomic E-state index is 12.1.